The summed E-state index contributed by atoms with van der Waals surface area (Å²) < 4.78 is 5.48. The van der Waals surface area contributed by atoms with Gasteiger partial charge >= 0.3 is 6.03 Å². The Labute approximate surface area is 172 Å². The number of para-hydroxylation sites is 1. The fourth-order valence-corrected chi connectivity index (χ4v) is 3.99. The molecule has 0 aliphatic rings. The van der Waals surface area contributed by atoms with Gasteiger partial charge in [0.2, 0.25) is 11.0 Å². The molecule has 1 heterocycles. The first-order valence-electron chi connectivity index (χ1n) is 8.98. The largest absolute Gasteiger partial charge is 0.383 e. The van der Waals surface area contributed by atoms with Gasteiger partial charge in [-0.1, -0.05) is 55.1 Å². The molecule has 2 rings (SSSR count). The second-order valence-corrected chi connectivity index (χ2v) is 7.94. The number of aryl methyl sites for hydroxylation is 2. The van der Waals surface area contributed by atoms with E-state index in [4.69, 9.17) is 4.74 Å². The number of imide groups is 1. The number of methoxy groups -OCH3 is 1. The Morgan fingerprint density at radius 2 is 1.89 bits per heavy atom. The number of nitrogens with zero attached hydrogens (tertiary/aromatic N) is 2. The average Bonchev–Trinajstić information content (AvgIpc) is 3.14. The Hall–Kier alpha value is -2.17. The maximum absolute atomic E-state index is 11.8. The second kappa shape index (κ2) is 11.6. The summed E-state index contributed by atoms with van der Waals surface area (Å²) in [6.07, 6.45) is 1.84. The van der Waals surface area contributed by atoms with Crippen LogP contribution in [0, 0.1) is 0 Å². The SMILES string of the molecule is CCc1cccc(CC)c1Nc1nnc(SCC(=O)NC(=O)NCCOC)s1. The lowest BCUT2D eigenvalue weighted by Gasteiger charge is -2.13. The highest BCUT2D eigenvalue weighted by Crippen LogP contribution is 2.31. The predicted molar refractivity (Wildman–Crippen MR) is 113 cm³/mol. The van der Waals surface area contributed by atoms with Gasteiger partial charge in [-0.05, 0) is 24.0 Å². The molecule has 0 saturated carbocycles. The molecule has 2 aromatic rings. The van der Waals surface area contributed by atoms with Gasteiger partial charge < -0.3 is 15.4 Å². The summed E-state index contributed by atoms with van der Waals surface area (Å²) in [7, 11) is 1.54. The van der Waals surface area contributed by atoms with E-state index in [-0.39, 0.29) is 5.75 Å². The summed E-state index contributed by atoms with van der Waals surface area (Å²) in [6.45, 7) is 4.96. The molecule has 8 nitrogen and oxygen atoms in total. The molecular weight excluding hydrogens is 398 g/mol. The number of hydrogen-bond acceptors (Lipinski definition) is 8. The maximum Gasteiger partial charge on any atom is 0.321 e. The molecule has 28 heavy (non-hydrogen) atoms. The van der Waals surface area contributed by atoms with Crippen LogP contribution in [0.1, 0.15) is 25.0 Å². The van der Waals surface area contributed by atoms with Crippen LogP contribution < -0.4 is 16.0 Å². The number of amides is 3. The molecule has 10 heteroatoms. The van der Waals surface area contributed by atoms with Gasteiger partial charge in [0.15, 0.2) is 4.34 Å². The number of carbonyl (C=O) groups excluding carboxylic acids is 2. The molecule has 152 valence electrons. The third kappa shape index (κ3) is 6.77. The highest BCUT2D eigenvalue weighted by molar-refractivity contribution is 8.01. The standard InChI is InChI=1S/C18H25N5O3S2/c1-4-12-7-6-8-13(5-2)15(12)21-17-22-23-18(28-17)27-11-14(24)20-16(25)19-9-10-26-3/h6-8H,4-5,9-11H2,1-3H3,(H,21,22)(H2,19,20,24,25). The Kier molecular flexibility index (Phi) is 9.18. The van der Waals surface area contributed by atoms with E-state index in [2.05, 4.69) is 58.2 Å². The first-order chi connectivity index (χ1) is 13.6. The number of ether oxygens (including phenoxy) is 1. The summed E-state index contributed by atoms with van der Waals surface area (Å²) >= 11 is 2.61. The van der Waals surface area contributed by atoms with Crippen LogP contribution in [0.15, 0.2) is 22.5 Å². The number of hydrogen-bond donors (Lipinski definition) is 3. The van der Waals surface area contributed by atoms with E-state index < -0.39 is 11.9 Å². The van der Waals surface area contributed by atoms with Crippen LogP contribution in [-0.4, -0.2) is 48.1 Å². The third-order valence-corrected chi connectivity index (χ3v) is 5.78. The van der Waals surface area contributed by atoms with E-state index in [1.807, 2.05) is 0 Å². The highest BCUT2D eigenvalue weighted by atomic mass is 32.2. The van der Waals surface area contributed by atoms with Crippen molar-refractivity contribution in [2.24, 2.45) is 0 Å². The van der Waals surface area contributed by atoms with Crippen molar-refractivity contribution in [3.63, 3.8) is 0 Å². The number of anilines is 2. The molecule has 0 aliphatic carbocycles. The molecule has 0 radical (unpaired) electrons. The van der Waals surface area contributed by atoms with Crippen LogP contribution in [-0.2, 0) is 22.4 Å². The molecule has 0 aliphatic heterocycles. The van der Waals surface area contributed by atoms with Crippen LogP contribution in [0.2, 0.25) is 0 Å². The minimum absolute atomic E-state index is 0.0814. The number of rotatable bonds is 10. The van der Waals surface area contributed by atoms with Crippen molar-refractivity contribution in [1.82, 2.24) is 20.8 Å². The molecular formula is C18H25N5O3S2. The number of nitrogens with one attached hydrogen (secondary N) is 3. The Balaban J connectivity index is 1.88. The van der Waals surface area contributed by atoms with Crippen LogP contribution in [0.3, 0.4) is 0 Å². The molecule has 0 fully saturated rings. The molecule has 1 aromatic heterocycles. The van der Waals surface area contributed by atoms with Crippen molar-refractivity contribution < 1.29 is 14.3 Å². The number of aromatic nitrogens is 2. The Morgan fingerprint density at radius 3 is 2.54 bits per heavy atom. The average molecular weight is 424 g/mol. The fourth-order valence-electron chi connectivity index (χ4n) is 2.43. The zero-order chi connectivity index (χ0) is 20.4. The lowest BCUT2D eigenvalue weighted by atomic mass is 10.0. The minimum atomic E-state index is -0.537. The molecule has 0 bridgehead atoms. The van der Waals surface area contributed by atoms with Gasteiger partial charge in [0.25, 0.3) is 0 Å². The number of urea groups is 1. The quantitative estimate of drug-likeness (QED) is 0.398. The second-order valence-electron chi connectivity index (χ2n) is 5.74. The van der Waals surface area contributed by atoms with Crippen LogP contribution in [0.5, 0.6) is 0 Å². The first kappa shape index (κ1) is 22.1. The topological polar surface area (TPSA) is 105 Å². The molecule has 3 amide bonds. The van der Waals surface area contributed by atoms with Crippen molar-refractivity contribution >= 4 is 45.9 Å². The van der Waals surface area contributed by atoms with Crippen molar-refractivity contribution in [3.8, 4) is 0 Å². The zero-order valence-corrected chi connectivity index (χ0v) is 17.8. The van der Waals surface area contributed by atoms with Gasteiger partial charge in [-0.25, -0.2) is 4.79 Å². The molecule has 0 unspecified atom stereocenters. The normalized spacial score (nSPS) is 10.5. The number of thioether (sulfide) groups is 1. The van der Waals surface area contributed by atoms with Crippen molar-refractivity contribution in [2.75, 3.05) is 31.3 Å². The maximum atomic E-state index is 11.8. The molecule has 0 spiro atoms. The summed E-state index contributed by atoms with van der Waals surface area (Å²) in [4.78, 5) is 23.4. The van der Waals surface area contributed by atoms with Gasteiger partial charge in [0.05, 0.1) is 12.4 Å². The molecule has 3 N–H and O–H groups in total. The molecule has 0 saturated heterocycles. The number of benzene rings is 1. The van der Waals surface area contributed by atoms with E-state index >= 15 is 0 Å². The van der Waals surface area contributed by atoms with Crippen molar-refractivity contribution in [1.29, 1.82) is 0 Å². The van der Waals surface area contributed by atoms with Crippen LogP contribution >= 0.6 is 23.1 Å². The predicted octanol–water partition coefficient (Wildman–Crippen LogP) is 2.97. The minimum Gasteiger partial charge on any atom is -0.383 e. The molecule has 0 atom stereocenters. The van der Waals surface area contributed by atoms with E-state index in [0.717, 1.165) is 18.5 Å². The van der Waals surface area contributed by atoms with E-state index in [0.29, 0.717) is 22.6 Å². The van der Waals surface area contributed by atoms with E-state index in [9.17, 15) is 9.59 Å². The Bertz CT molecular complexity index is 775. The van der Waals surface area contributed by atoms with Crippen LogP contribution in [0.25, 0.3) is 0 Å². The lowest BCUT2D eigenvalue weighted by molar-refractivity contribution is -0.117. The van der Waals surface area contributed by atoms with Crippen molar-refractivity contribution in [2.45, 2.75) is 31.0 Å². The van der Waals surface area contributed by atoms with Gasteiger partial charge in [-0.3, -0.25) is 10.1 Å². The fraction of sp³-hybridized carbons (Fsp3) is 0.444. The van der Waals surface area contributed by atoms with E-state index in [1.165, 1.54) is 41.3 Å². The molecule has 1 aromatic carbocycles. The Morgan fingerprint density at radius 1 is 1.18 bits per heavy atom. The van der Waals surface area contributed by atoms with Gasteiger partial charge in [-0.15, -0.1) is 10.2 Å². The monoisotopic (exact) mass is 423 g/mol. The first-order valence-corrected chi connectivity index (χ1v) is 10.8. The summed E-state index contributed by atoms with van der Waals surface area (Å²) in [5, 5.41) is 17.1. The lowest BCUT2D eigenvalue weighted by Crippen LogP contribution is -2.41. The highest BCUT2D eigenvalue weighted by Gasteiger charge is 2.13. The number of carbonyl (C=O) groups is 2. The summed E-state index contributed by atoms with van der Waals surface area (Å²) in [5.41, 5.74) is 3.52. The van der Waals surface area contributed by atoms with Crippen molar-refractivity contribution in [3.05, 3.63) is 29.3 Å². The van der Waals surface area contributed by atoms with Crippen LogP contribution in [0.4, 0.5) is 15.6 Å². The zero-order valence-electron chi connectivity index (χ0n) is 16.2. The third-order valence-electron chi connectivity index (χ3n) is 3.81. The van der Waals surface area contributed by atoms with E-state index in [1.54, 1.807) is 0 Å². The van der Waals surface area contributed by atoms with Gasteiger partial charge in [0.1, 0.15) is 0 Å². The van der Waals surface area contributed by atoms with Gasteiger partial charge in [0, 0.05) is 19.3 Å². The smallest absolute Gasteiger partial charge is 0.321 e. The van der Waals surface area contributed by atoms with Gasteiger partial charge in [-0.2, -0.15) is 0 Å². The summed E-state index contributed by atoms with van der Waals surface area (Å²) in [5.74, 6) is -0.313. The summed E-state index contributed by atoms with van der Waals surface area (Å²) in [6, 6.07) is 5.72.